The highest BCUT2D eigenvalue weighted by atomic mass is 35.5. The minimum Gasteiger partial charge on any atom is -0.251 e. The Kier molecular flexibility index (Phi) is 6.20. The first-order valence-corrected chi connectivity index (χ1v) is 8.73. The Bertz CT molecular complexity index is 765. The lowest BCUT2D eigenvalue weighted by atomic mass is 10.1. The number of benzene rings is 2. The number of rotatable bonds is 4. The fourth-order valence-electron chi connectivity index (χ4n) is 2.60. The van der Waals surface area contributed by atoms with E-state index in [9.17, 15) is 0 Å². The fraction of sp³-hybridized carbons (Fsp3) is 0.300. The predicted octanol–water partition coefficient (Wildman–Crippen LogP) is 6.59. The molecule has 0 radical (unpaired) electrons. The van der Waals surface area contributed by atoms with Gasteiger partial charge in [-0.3, -0.25) is 4.99 Å². The lowest BCUT2D eigenvalue weighted by Gasteiger charge is -2.12. The molecule has 2 rings (SSSR count). The minimum atomic E-state index is -0.739. The number of halogens is 2. The van der Waals surface area contributed by atoms with Crippen LogP contribution in [-0.4, -0.2) is 16.3 Å². The number of hydrogen-bond donors (Lipinski definition) is 0. The van der Waals surface area contributed by atoms with Crippen LogP contribution in [0.5, 0.6) is 0 Å². The Morgan fingerprint density at radius 1 is 0.750 bits per heavy atom. The molecule has 0 spiro atoms. The van der Waals surface area contributed by atoms with Crippen LogP contribution in [0.25, 0.3) is 0 Å². The van der Waals surface area contributed by atoms with Gasteiger partial charge in [-0.1, -0.05) is 59.6 Å². The molecule has 0 saturated heterocycles. The first-order valence-electron chi connectivity index (χ1n) is 7.86. The lowest BCUT2D eigenvalue weighted by molar-refractivity contribution is 1.31. The second-order valence-electron chi connectivity index (χ2n) is 5.98. The molecule has 0 saturated carbocycles. The summed E-state index contributed by atoms with van der Waals surface area (Å²) in [7, 11) is 0. The van der Waals surface area contributed by atoms with E-state index in [-0.39, 0.29) is 0 Å². The van der Waals surface area contributed by atoms with Gasteiger partial charge in [0.05, 0.1) is 22.8 Å². The normalized spacial score (nSPS) is 12.8. The molecule has 0 aliphatic carbocycles. The van der Waals surface area contributed by atoms with Crippen molar-refractivity contribution in [3.8, 4) is 0 Å². The van der Waals surface area contributed by atoms with Crippen molar-refractivity contribution < 1.29 is 0 Å². The van der Waals surface area contributed by atoms with Gasteiger partial charge in [-0.25, -0.2) is 4.99 Å². The van der Waals surface area contributed by atoms with E-state index in [1.165, 1.54) is 0 Å². The van der Waals surface area contributed by atoms with Gasteiger partial charge in [-0.2, -0.15) is 0 Å². The van der Waals surface area contributed by atoms with Crippen LogP contribution >= 0.6 is 23.2 Å². The van der Waals surface area contributed by atoms with Crippen LogP contribution in [0.15, 0.2) is 46.4 Å². The molecule has 0 fully saturated rings. The number of aryl methyl sites for hydroxylation is 4. The fourth-order valence-corrected chi connectivity index (χ4v) is 3.01. The van der Waals surface area contributed by atoms with Crippen molar-refractivity contribution in [3.63, 3.8) is 0 Å². The average Bonchev–Trinajstić information content (AvgIpc) is 2.50. The maximum Gasteiger partial charge on any atom is 0.151 e. The molecule has 0 atom stereocenters. The number of alkyl halides is 2. The number of nitrogens with zero attached hydrogens (tertiary/aromatic N) is 2. The highest BCUT2D eigenvalue weighted by Crippen LogP contribution is 2.27. The van der Waals surface area contributed by atoms with E-state index < -0.39 is 4.84 Å². The zero-order valence-corrected chi connectivity index (χ0v) is 16.2. The van der Waals surface area contributed by atoms with Crippen molar-refractivity contribution in [2.75, 3.05) is 0 Å². The molecule has 0 N–H and O–H groups in total. The molecule has 0 unspecified atom stereocenters. The van der Waals surface area contributed by atoms with Crippen molar-refractivity contribution in [3.05, 3.63) is 58.7 Å². The van der Waals surface area contributed by atoms with Crippen LogP contribution in [0, 0.1) is 27.7 Å². The van der Waals surface area contributed by atoms with Gasteiger partial charge in [0.15, 0.2) is 4.84 Å². The standard InChI is InChI=1S/C20H22Cl2N2/c1-12-8-6-9-13(2)17(12)23-16(5)19(20(21)22)24-18-14(3)10-7-11-15(18)4/h6-11,20H,1-5H3. The van der Waals surface area contributed by atoms with Gasteiger partial charge in [0.2, 0.25) is 0 Å². The summed E-state index contributed by atoms with van der Waals surface area (Å²) >= 11 is 12.4. The van der Waals surface area contributed by atoms with E-state index in [0.29, 0.717) is 5.71 Å². The van der Waals surface area contributed by atoms with Gasteiger partial charge in [-0.15, -0.1) is 0 Å². The lowest BCUT2D eigenvalue weighted by Crippen LogP contribution is -2.18. The molecular weight excluding hydrogens is 339 g/mol. The summed E-state index contributed by atoms with van der Waals surface area (Å²) in [6, 6.07) is 12.2. The Morgan fingerprint density at radius 3 is 1.50 bits per heavy atom. The Morgan fingerprint density at radius 2 is 1.12 bits per heavy atom. The van der Waals surface area contributed by atoms with Crippen LogP contribution in [0.1, 0.15) is 29.2 Å². The maximum atomic E-state index is 6.19. The summed E-state index contributed by atoms with van der Waals surface area (Å²) < 4.78 is 0. The van der Waals surface area contributed by atoms with Gasteiger partial charge < -0.3 is 0 Å². The zero-order chi connectivity index (χ0) is 17.9. The van der Waals surface area contributed by atoms with E-state index in [1.807, 2.05) is 71.0 Å². The van der Waals surface area contributed by atoms with E-state index in [1.54, 1.807) is 0 Å². The highest BCUT2D eigenvalue weighted by Gasteiger charge is 2.15. The molecule has 0 heterocycles. The third-order valence-corrected chi connectivity index (χ3v) is 4.38. The molecule has 4 heteroatoms. The van der Waals surface area contributed by atoms with E-state index >= 15 is 0 Å². The molecule has 0 aliphatic rings. The van der Waals surface area contributed by atoms with Crippen LogP contribution in [0.2, 0.25) is 0 Å². The molecule has 0 bridgehead atoms. The molecule has 0 amide bonds. The second-order valence-corrected chi connectivity index (χ2v) is 7.07. The van der Waals surface area contributed by atoms with Gasteiger partial charge in [0.25, 0.3) is 0 Å². The second kappa shape index (κ2) is 7.96. The minimum absolute atomic E-state index is 0.582. The molecule has 126 valence electrons. The summed E-state index contributed by atoms with van der Waals surface area (Å²) in [4.78, 5) is 8.75. The van der Waals surface area contributed by atoms with E-state index in [4.69, 9.17) is 33.2 Å². The highest BCUT2D eigenvalue weighted by molar-refractivity contribution is 6.65. The molecule has 0 aromatic heterocycles. The van der Waals surface area contributed by atoms with Crippen molar-refractivity contribution in [1.82, 2.24) is 0 Å². The maximum absolute atomic E-state index is 6.19. The van der Waals surface area contributed by atoms with Crippen molar-refractivity contribution in [2.24, 2.45) is 9.98 Å². The number of para-hydroxylation sites is 2. The van der Waals surface area contributed by atoms with Crippen LogP contribution in [0.4, 0.5) is 11.4 Å². The summed E-state index contributed by atoms with van der Waals surface area (Å²) in [5.74, 6) is 0. The molecule has 2 aromatic carbocycles. The van der Waals surface area contributed by atoms with Gasteiger partial charge in [0, 0.05) is 0 Å². The smallest absolute Gasteiger partial charge is 0.151 e. The van der Waals surface area contributed by atoms with Gasteiger partial charge in [-0.05, 0) is 56.9 Å². The van der Waals surface area contributed by atoms with Gasteiger partial charge >= 0.3 is 0 Å². The Hall–Kier alpha value is -1.64. The van der Waals surface area contributed by atoms with Crippen molar-refractivity contribution in [1.29, 1.82) is 0 Å². The van der Waals surface area contributed by atoms with Crippen LogP contribution in [-0.2, 0) is 0 Å². The monoisotopic (exact) mass is 360 g/mol. The molecule has 2 nitrogen and oxygen atoms in total. The third kappa shape index (κ3) is 4.25. The summed E-state index contributed by atoms with van der Waals surface area (Å²) in [6.07, 6.45) is 0. The topological polar surface area (TPSA) is 24.7 Å². The first-order chi connectivity index (χ1) is 11.3. The number of aliphatic imine (C=N–C) groups is 2. The molecule has 24 heavy (non-hydrogen) atoms. The number of hydrogen-bond acceptors (Lipinski definition) is 2. The SMILES string of the molecule is CC(=Nc1c(C)cccc1C)C(=Nc1c(C)cccc1C)C(Cl)Cl. The quantitative estimate of drug-likeness (QED) is 0.434. The molecule has 0 aliphatic heterocycles. The molecule has 2 aromatic rings. The third-order valence-electron chi connectivity index (χ3n) is 3.97. The largest absolute Gasteiger partial charge is 0.251 e. The van der Waals surface area contributed by atoms with E-state index in [2.05, 4.69) is 0 Å². The van der Waals surface area contributed by atoms with Crippen LogP contribution < -0.4 is 0 Å². The summed E-state index contributed by atoms with van der Waals surface area (Å²) in [5.41, 5.74) is 7.54. The predicted molar refractivity (Wildman–Crippen MR) is 107 cm³/mol. The van der Waals surface area contributed by atoms with Crippen molar-refractivity contribution in [2.45, 2.75) is 39.5 Å². The Balaban J connectivity index is 2.55. The summed E-state index contributed by atoms with van der Waals surface area (Å²) in [6.45, 7) is 10.0. The zero-order valence-electron chi connectivity index (χ0n) is 14.7. The van der Waals surface area contributed by atoms with Crippen LogP contribution in [0.3, 0.4) is 0 Å². The first kappa shape index (κ1) is 18.7. The summed E-state index contributed by atoms with van der Waals surface area (Å²) in [5, 5.41) is 0. The van der Waals surface area contributed by atoms with Crippen molar-refractivity contribution >= 4 is 46.0 Å². The average molecular weight is 361 g/mol. The molecular formula is C20H22Cl2N2. The van der Waals surface area contributed by atoms with Gasteiger partial charge in [0.1, 0.15) is 0 Å². The van der Waals surface area contributed by atoms with E-state index in [0.717, 1.165) is 39.3 Å². The Labute approximate surface area is 154 Å².